The van der Waals surface area contributed by atoms with Gasteiger partial charge in [-0.3, -0.25) is 19.3 Å². The summed E-state index contributed by atoms with van der Waals surface area (Å²) in [4.78, 5) is 33.5. The number of rotatable bonds is 5. The number of nitrogens with one attached hydrogen (secondary N) is 2. The summed E-state index contributed by atoms with van der Waals surface area (Å²) in [6.45, 7) is 1.82. The molecule has 2 aromatic carbocycles. The van der Waals surface area contributed by atoms with Gasteiger partial charge in [-0.2, -0.15) is 5.10 Å². The van der Waals surface area contributed by atoms with Crippen LogP contribution in [0.5, 0.6) is 0 Å². The van der Waals surface area contributed by atoms with Crippen LogP contribution < -0.4 is 20.2 Å². The summed E-state index contributed by atoms with van der Waals surface area (Å²) in [7, 11) is 0. The number of amides is 1. The predicted octanol–water partition coefficient (Wildman–Crippen LogP) is 4.33. The van der Waals surface area contributed by atoms with Crippen LogP contribution in [-0.4, -0.2) is 20.7 Å². The summed E-state index contributed by atoms with van der Waals surface area (Å²) in [6, 6.07) is 22.4. The lowest BCUT2D eigenvalue weighted by Gasteiger charge is -2.24. The molecule has 0 spiro atoms. The second-order valence-electron chi connectivity index (χ2n) is 8.48. The molecule has 1 aliphatic rings. The molecular formula is C28H21N5O2S2. The molecule has 4 heterocycles. The van der Waals surface area contributed by atoms with Crippen molar-refractivity contribution < 1.29 is 4.79 Å². The Hall–Kier alpha value is -4.34. The first-order valence-corrected chi connectivity index (χ1v) is 13.3. The molecule has 0 saturated heterocycles. The van der Waals surface area contributed by atoms with Crippen molar-refractivity contribution in [3.05, 3.63) is 126 Å². The third-order valence-corrected chi connectivity index (χ3v) is 8.04. The summed E-state index contributed by atoms with van der Waals surface area (Å²) in [5.41, 5.74) is 4.16. The average Bonchev–Trinajstić information content (AvgIpc) is 3.66. The van der Waals surface area contributed by atoms with Gasteiger partial charge in [0.15, 0.2) is 4.80 Å². The quantitative estimate of drug-likeness (QED) is 0.359. The topological polar surface area (TPSA) is 92.1 Å². The van der Waals surface area contributed by atoms with Gasteiger partial charge in [0.2, 0.25) is 0 Å². The van der Waals surface area contributed by atoms with Crippen LogP contribution in [-0.2, 0) is 4.79 Å². The molecule has 0 bridgehead atoms. The molecule has 2 N–H and O–H groups in total. The van der Waals surface area contributed by atoms with Gasteiger partial charge in [0.25, 0.3) is 11.5 Å². The minimum absolute atomic E-state index is 0.195. The van der Waals surface area contributed by atoms with Gasteiger partial charge in [-0.15, -0.1) is 11.3 Å². The van der Waals surface area contributed by atoms with Crippen LogP contribution in [0.3, 0.4) is 0 Å². The van der Waals surface area contributed by atoms with Crippen LogP contribution >= 0.6 is 22.7 Å². The largest absolute Gasteiger partial charge is 0.322 e. The van der Waals surface area contributed by atoms with E-state index in [2.05, 4.69) is 15.5 Å². The van der Waals surface area contributed by atoms with Gasteiger partial charge in [0.1, 0.15) is 6.04 Å². The fourth-order valence-electron chi connectivity index (χ4n) is 4.43. The van der Waals surface area contributed by atoms with E-state index >= 15 is 0 Å². The van der Waals surface area contributed by atoms with Gasteiger partial charge >= 0.3 is 0 Å². The Bertz CT molecular complexity index is 1800. The maximum absolute atomic E-state index is 13.8. The molecule has 37 heavy (non-hydrogen) atoms. The molecule has 3 aromatic heterocycles. The number of anilines is 1. The highest BCUT2D eigenvalue weighted by molar-refractivity contribution is 7.10. The van der Waals surface area contributed by atoms with Crippen molar-refractivity contribution in [1.82, 2.24) is 14.8 Å². The molecule has 7 nitrogen and oxygen atoms in total. The number of carbonyl (C=O) groups excluding carboxylic acids is 1. The zero-order valence-electron chi connectivity index (χ0n) is 19.7. The number of thiophene rings is 1. The number of thiazole rings is 1. The molecule has 0 aliphatic carbocycles. The smallest absolute Gasteiger partial charge is 0.271 e. The highest BCUT2D eigenvalue weighted by atomic mass is 32.1. The van der Waals surface area contributed by atoms with Crippen LogP contribution in [0, 0.1) is 0 Å². The average molecular weight is 524 g/mol. The van der Waals surface area contributed by atoms with Crippen molar-refractivity contribution in [3.63, 3.8) is 0 Å². The molecule has 6 rings (SSSR count). The van der Waals surface area contributed by atoms with Gasteiger partial charge in [0, 0.05) is 21.7 Å². The normalized spacial score (nSPS) is 15.4. The van der Waals surface area contributed by atoms with E-state index in [4.69, 9.17) is 4.99 Å². The van der Waals surface area contributed by atoms with Gasteiger partial charge in [0.05, 0.1) is 27.7 Å². The summed E-state index contributed by atoms with van der Waals surface area (Å²) in [5, 5.41) is 12.2. The van der Waals surface area contributed by atoms with Crippen molar-refractivity contribution >= 4 is 40.3 Å². The van der Waals surface area contributed by atoms with E-state index in [-0.39, 0.29) is 11.5 Å². The van der Waals surface area contributed by atoms with Crippen molar-refractivity contribution in [3.8, 4) is 11.3 Å². The van der Waals surface area contributed by atoms with Crippen molar-refractivity contribution in [1.29, 1.82) is 0 Å². The molecule has 1 aliphatic heterocycles. The summed E-state index contributed by atoms with van der Waals surface area (Å²) in [5.74, 6) is -0.277. The number of hydrogen-bond acceptors (Lipinski definition) is 6. The highest BCUT2D eigenvalue weighted by Gasteiger charge is 2.33. The van der Waals surface area contributed by atoms with E-state index in [0.29, 0.717) is 26.3 Å². The summed E-state index contributed by atoms with van der Waals surface area (Å²) >= 11 is 2.82. The molecule has 0 fully saturated rings. The van der Waals surface area contributed by atoms with Crippen molar-refractivity contribution in [2.75, 3.05) is 5.32 Å². The number of benzene rings is 2. The molecule has 1 amide bonds. The van der Waals surface area contributed by atoms with E-state index in [1.807, 2.05) is 91.2 Å². The maximum Gasteiger partial charge on any atom is 0.271 e. The number of carbonyl (C=O) groups is 1. The van der Waals surface area contributed by atoms with Crippen molar-refractivity contribution in [2.45, 2.75) is 13.0 Å². The van der Waals surface area contributed by atoms with E-state index in [1.165, 1.54) is 22.7 Å². The first-order chi connectivity index (χ1) is 18.1. The third kappa shape index (κ3) is 4.28. The Morgan fingerprint density at radius 3 is 2.54 bits per heavy atom. The molecule has 0 saturated carbocycles. The first kappa shape index (κ1) is 23.1. The van der Waals surface area contributed by atoms with Gasteiger partial charge in [-0.1, -0.05) is 65.9 Å². The number of aromatic amines is 1. The monoisotopic (exact) mass is 523 g/mol. The number of hydrogen-bond donors (Lipinski definition) is 2. The zero-order chi connectivity index (χ0) is 25.4. The number of nitrogens with zero attached hydrogens (tertiary/aromatic N) is 3. The Balaban J connectivity index is 1.48. The molecule has 0 radical (unpaired) electrons. The second kappa shape index (κ2) is 9.61. The van der Waals surface area contributed by atoms with Crippen molar-refractivity contribution in [2.24, 2.45) is 4.99 Å². The van der Waals surface area contributed by atoms with Crippen LogP contribution in [0.15, 0.2) is 105 Å². The fourth-order valence-corrected chi connectivity index (χ4v) is 6.29. The van der Waals surface area contributed by atoms with Crippen LogP contribution in [0.4, 0.5) is 5.69 Å². The maximum atomic E-state index is 13.8. The second-order valence-corrected chi connectivity index (χ2v) is 10.5. The standard InChI is InChI=1S/C28H21N5O2S2/c1-17-23(26(34)31-20-11-6-3-7-12-20)25(21-13-8-14-36-21)33-27(35)22(37-28(33)30-17)15-19-16-29-32-24(19)18-9-4-2-5-10-18/h2-16,25H,1H3,(H,29,32)(H,31,34). The fraction of sp³-hybridized carbons (Fsp3) is 0.0714. The van der Waals surface area contributed by atoms with E-state index in [0.717, 1.165) is 21.7 Å². The highest BCUT2D eigenvalue weighted by Crippen LogP contribution is 2.33. The zero-order valence-corrected chi connectivity index (χ0v) is 21.3. The van der Waals surface area contributed by atoms with E-state index in [1.54, 1.807) is 10.8 Å². The first-order valence-electron chi connectivity index (χ1n) is 11.6. The molecule has 182 valence electrons. The predicted molar refractivity (Wildman–Crippen MR) is 147 cm³/mol. The Kier molecular flexibility index (Phi) is 5.99. The summed E-state index contributed by atoms with van der Waals surface area (Å²) in [6.07, 6.45) is 3.55. The Labute approximate surface area is 219 Å². The van der Waals surface area contributed by atoms with Crippen LogP contribution in [0.1, 0.15) is 23.4 Å². The van der Waals surface area contributed by atoms with Gasteiger partial charge in [-0.25, -0.2) is 4.99 Å². The van der Waals surface area contributed by atoms with E-state index < -0.39 is 6.04 Å². The minimum atomic E-state index is -0.569. The van der Waals surface area contributed by atoms with Gasteiger partial charge in [-0.05, 0) is 36.6 Å². The molecule has 5 aromatic rings. The minimum Gasteiger partial charge on any atom is -0.322 e. The molecular weight excluding hydrogens is 502 g/mol. The number of para-hydroxylation sites is 1. The number of H-pyrrole nitrogens is 1. The Morgan fingerprint density at radius 1 is 1.05 bits per heavy atom. The van der Waals surface area contributed by atoms with Gasteiger partial charge < -0.3 is 5.32 Å². The number of allylic oxidation sites excluding steroid dienone is 1. The number of fused-ring (bicyclic) bond motifs is 1. The summed E-state index contributed by atoms with van der Waals surface area (Å²) < 4.78 is 2.16. The molecule has 1 unspecified atom stereocenters. The van der Waals surface area contributed by atoms with Crippen LogP contribution in [0.25, 0.3) is 17.3 Å². The SMILES string of the molecule is CC1=C(C(=O)Nc2ccccc2)C(c2cccs2)n2c(sc(=Cc3cn[nH]c3-c3ccccc3)c2=O)=N1. The molecule has 1 atom stereocenters. The third-order valence-electron chi connectivity index (χ3n) is 6.13. The lowest BCUT2D eigenvalue weighted by Crippen LogP contribution is -2.40. The lowest BCUT2D eigenvalue weighted by molar-refractivity contribution is -0.113. The lowest BCUT2D eigenvalue weighted by atomic mass is 10.0. The van der Waals surface area contributed by atoms with E-state index in [9.17, 15) is 9.59 Å². The number of aromatic nitrogens is 3. The van der Waals surface area contributed by atoms with Crippen LogP contribution in [0.2, 0.25) is 0 Å². The Morgan fingerprint density at radius 2 is 1.81 bits per heavy atom. The molecule has 9 heteroatoms.